The summed E-state index contributed by atoms with van der Waals surface area (Å²) in [6.45, 7) is 10.5. The van der Waals surface area contributed by atoms with Gasteiger partial charge in [-0.1, -0.05) is 30.7 Å². The van der Waals surface area contributed by atoms with Crippen molar-refractivity contribution in [3.05, 3.63) is 23.8 Å². The van der Waals surface area contributed by atoms with E-state index in [-0.39, 0.29) is 5.41 Å². The molecule has 2 rings (SSSR count). The molecule has 3 atom stereocenters. The minimum Gasteiger partial charge on any atom is -0.251 e. The summed E-state index contributed by atoms with van der Waals surface area (Å²) < 4.78 is 0. The van der Waals surface area contributed by atoms with Gasteiger partial charge in [0.25, 0.3) is 0 Å². The quantitative estimate of drug-likeness (QED) is 0.439. The molecule has 0 bridgehead atoms. The van der Waals surface area contributed by atoms with Gasteiger partial charge in [0, 0.05) is 5.41 Å². The van der Waals surface area contributed by atoms with Crippen molar-refractivity contribution in [2.75, 3.05) is 0 Å². The fourth-order valence-electron chi connectivity index (χ4n) is 3.58. The molecule has 0 aliphatic heterocycles. The van der Waals surface area contributed by atoms with Crippen molar-refractivity contribution in [1.82, 2.24) is 0 Å². The zero-order valence-corrected chi connectivity index (χ0v) is 11.3. The lowest BCUT2D eigenvalue weighted by Gasteiger charge is -2.52. The third-order valence-electron chi connectivity index (χ3n) is 5.20. The van der Waals surface area contributed by atoms with Crippen LogP contribution in [0.15, 0.2) is 23.8 Å². The average molecular weight is 236 g/mol. The van der Waals surface area contributed by atoms with Gasteiger partial charge in [0.05, 0.1) is 0 Å². The molecule has 0 amide bonds. The molecule has 0 aromatic rings. The molecule has 17 heavy (non-hydrogen) atoms. The minimum absolute atomic E-state index is 0.0398. The first-order valence-electron chi connectivity index (χ1n) is 6.60. The van der Waals surface area contributed by atoms with Crippen LogP contribution in [0.1, 0.15) is 52.9 Å². The lowest BCUT2D eigenvalue weighted by Crippen LogP contribution is -2.51. The first kappa shape index (κ1) is 12.8. The summed E-state index contributed by atoms with van der Waals surface area (Å²) >= 11 is 0. The summed E-state index contributed by atoms with van der Waals surface area (Å²) in [5.41, 5.74) is 2.25. The van der Waals surface area contributed by atoms with Crippen LogP contribution in [0, 0.1) is 11.3 Å². The van der Waals surface area contributed by atoms with E-state index in [1.165, 1.54) is 17.6 Å². The Balaban J connectivity index is 2.34. The van der Waals surface area contributed by atoms with Gasteiger partial charge in [-0.3, -0.25) is 5.26 Å². The lowest BCUT2D eigenvalue weighted by molar-refractivity contribution is -0.348. The topological polar surface area (TPSA) is 29.5 Å². The molecule has 0 spiro atoms. The van der Waals surface area contributed by atoms with Gasteiger partial charge in [-0.2, -0.15) is 0 Å². The standard InChI is InChI=1S/C15H24O2/c1-11(2)12-7-8-13-6-5-9-15(4,17-16)14(13,3)10-12/h6,12,16H,1,5,7-10H2,2-4H3/t12-,14+,15+/m1/s1. The molecule has 96 valence electrons. The van der Waals surface area contributed by atoms with E-state index < -0.39 is 5.60 Å². The third-order valence-corrected chi connectivity index (χ3v) is 5.20. The van der Waals surface area contributed by atoms with Gasteiger partial charge in [0.1, 0.15) is 5.60 Å². The number of allylic oxidation sites excluding steroid dienone is 2. The van der Waals surface area contributed by atoms with Crippen LogP contribution >= 0.6 is 0 Å². The molecule has 0 heterocycles. The summed E-state index contributed by atoms with van der Waals surface area (Å²) in [4.78, 5) is 4.91. The molecular weight excluding hydrogens is 212 g/mol. The molecule has 0 aromatic heterocycles. The van der Waals surface area contributed by atoms with Gasteiger partial charge in [-0.05, 0) is 51.9 Å². The number of rotatable bonds is 2. The molecule has 2 nitrogen and oxygen atoms in total. The molecule has 0 radical (unpaired) electrons. The van der Waals surface area contributed by atoms with Crippen molar-refractivity contribution in [2.45, 2.75) is 58.5 Å². The lowest BCUT2D eigenvalue weighted by atomic mass is 9.55. The second-order valence-electron chi connectivity index (χ2n) is 6.21. The van der Waals surface area contributed by atoms with E-state index in [9.17, 15) is 5.26 Å². The van der Waals surface area contributed by atoms with Crippen LogP contribution < -0.4 is 0 Å². The molecule has 2 heteroatoms. The van der Waals surface area contributed by atoms with Gasteiger partial charge in [-0.25, -0.2) is 4.89 Å². The van der Waals surface area contributed by atoms with E-state index in [1.54, 1.807) is 0 Å². The second-order valence-corrected chi connectivity index (χ2v) is 6.21. The van der Waals surface area contributed by atoms with Crippen LogP contribution in [-0.4, -0.2) is 10.9 Å². The maximum Gasteiger partial charge on any atom is 0.110 e. The molecule has 0 unspecified atom stereocenters. The molecule has 0 saturated heterocycles. The fraction of sp³-hybridized carbons (Fsp3) is 0.733. The van der Waals surface area contributed by atoms with Crippen molar-refractivity contribution in [3.8, 4) is 0 Å². The summed E-state index contributed by atoms with van der Waals surface area (Å²) in [7, 11) is 0. The van der Waals surface area contributed by atoms with Crippen molar-refractivity contribution in [2.24, 2.45) is 11.3 Å². The molecular formula is C15H24O2. The highest BCUT2D eigenvalue weighted by molar-refractivity contribution is 5.27. The van der Waals surface area contributed by atoms with E-state index in [4.69, 9.17) is 4.89 Å². The number of fused-ring (bicyclic) bond motifs is 1. The van der Waals surface area contributed by atoms with E-state index in [0.717, 1.165) is 25.7 Å². The van der Waals surface area contributed by atoms with Gasteiger partial charge >= 0.3 is 0 Å². The second kappa shape index (κ2) is 4.25. The Morgan fingerprint density at radius 3 is 2.82 bits per heavy atom. The van der Waals surface area contributed by atoms with E-state index >= 15 is 0 Å². The Kier molecular flexibility index (Phi) is 3.21. The highest BCUT2D eigenvalue weighted by atomic mass is 17.1. The van der Waals surface area contributed by atoms with Crippen LogP contribution in [0.5, 0.6) is 0 Å². The zero-order valence-electron chi connectivity index (χ0n) is 11.3. The molecule has 2 aliphatic rings. The highest BCUT2D eigenvalue weighted by Gasteiger charge is 2.52. The molecule has 1 saturated carbocycles. The van der Waals surface area contributed by atoms with Crippen molar-refractivity contribution < 1.29 is 10.1 Å². The Hall–Kier alpha value is -0.600. The summed E-state index contributed by atoms with van der Waals surface area (Å²) in [5, 5.41) is 9.33. The predicted molar refractivity (Wildman–Crippen MR) is 69.7 cm³/mol. The molecule has 0 aromatic carbocycles. The number of hydrogen-bond donors (Lipinski definition) is 1. The summed E-state index contributed by atoms with van der Waals surface area (Å²) in [6, 6.07) is 0. The van der Waals surface area contributed by atoms with E-state index in [1.807, 2.05) is 6.92 Å². The molecule has 1 fully saturated rings. The van der Waals surface area contributed by atoms with Crippen molar-refractivity contribution >= 4 is 0 Å². The Morgan fingerprint density at radius 2 is 2.24 bits per heavy atom. The maximum atomic E-state index is 9.33. The number of hydrogen-bond acceptors (Lipinski definition) is 2. The van der Waals surface area contributed by atoms with Gasteiger partial charge in [-0.15, -0.1) is 0 Å². The van der Waals surface area contributed by atoms with Crippen LogP contribution in [0.25, 0.3) is 0 Å². The average Bonchev–Trinajstić information content (AvgIpc) is 2.30. The normalized spacial score (nSPS) is 41.6. The monoisotopic (exact) mass is 236 g/mol. The Morgan fingerprint density at radius 1 is 1.53 bits per heavy atom. The van der Waals surface area contributed by atoms with Crippen LogP contribution in [0.3, 0.4) is 0 Å². The van der Waals surface area contributed by atoms with Gasteiger partial charge in [0.15, 0.2) is 0 Å². The summed E-state index contributed by atoms with van der Waals surface area (Å²) in [5.74, 6) is 0.560. The van der Waals surface area contributed by atoms with Crippen LogP contribution in [0.4, 0.5) is 0 Å². The largest absolute Gasteiger partial charge is 0.251 e. The predicted octanol–water partition coefficient (Wildman–Crippen LogP) is 4.34. The van der Waals surface area contributed by atoms with Crippen molar-refractivity contribution in [1.29, 1.82) is 0 Å². The van der Waals surface area contributed by atoms with E-state index in [0.29, 0.717) is 5.92 Å². The highest BCUT2D eigenvalue weighted by Crippen LogP contribution is 2.56. The Labute approximate surface area is 104 Å². The maximum absolute atomic E-state index is 9.33. The van der Waals surface area contributed by atoms with Gasteiger partial charge in [0.2, 0.25) is 0 Å². The molecule has 2 aliphatic carbocycles. The van der Waals surface area contributed by atoms with E-state index in [2.05, 4.69) is 26.5 Å². The third kappa shape index (κ3) is 1.88. The fourth-order valence-corrected chi connectivity index (χ4v) is 3.58. The van der Waals surface area contributed by atoms with Crippen molar-refractivity contribution in [3.63, 3.8) is 0 Å². The first-order valence-corrected chi connectivity index (χ1v) is 6.60. The minimum atomic E-state index is -0.439. The van der Waals surface area contributed by atoms with Crippen LogP contribution in [0.2, 0.25) is 0 Å². The Bertz CT molecular complexity index is 358. The van der Waals surface area contributed by atoms with Gasteiger partial charge < -0.3 is 0 Å². The smallest absolute Gasteiger partial charge is 0.110 e. The SMILES string of the molecule is C=C(C)[C@@H]1CCC2=CCC[C@](C)(OO)[C@@]2(C)C1. The van der Waals surface area contributed by atoms with Crippen LogP contribution in [-0.2, 0) is 4.89 Å². The summed E-state index contributed by atoms with van der Waals surface area (Å²) in [6.07, 6.45) is 7.62. The zero-order chi connectivity index (χ0) is 12.7. The first-order chi connectivity index (χ1) is 7.93. The molecule has 1 N–H and O–H groups in total.